The molecule has 1 saturated carbocycles. The molecule has 0 bridgehead atoms. The minimum Gasteiger partial charge on any atom is -0.304 e. The average molecular weight is 256 g/mol. The number of nitrogens with zero attached hydrogens (tertiary/aromatic N) is 1. The minimum atomic E-state index is -0.285. The Bertz CT molecular complexity index is 323. The number of carbonyl (C=O) groups excluding carboxylic acids is 2. The Balaban J connectivity index is 1.88. The Morgan fingerprint density at radius 1 is 1.47 bits per heavy atom. The lowest BCUT2D eigenvalue weighted by Crippen LogP contribution is -2.48. The zero-order valence-electron chi connectivity index (χ0n) is 10.5. The van der Waals surface area contributed by atoms with E-state index in [0.29, 0.717) is 17.7 Å². The molecule has 2 amide bonds. The molecule has 1 saturated heterocycles. The van der Waals surface area contributed by atoms with Gasteiger partial charge >= 0.3 is 0 Å². The molecule has 0 radical (unpaired) electrons. The first-order chi connectivity index (χ1) is 8.12. The van der Waals surface area contributed by atoms with Crippen molar-refractivity contribution in [2.24, 2.45) is 0 Å². The van der Waals surface area contributed by atoms with Gasteiger partial charge in [0.05, 0.1) is 12.5 Å². The first-order valence-electron chi connectivity index (χ1n) is 6.24. The SMILES string of the molecule is CCN1C(=O)CC(NCC2(SC)CCC2)C1=O. The number of hydrogen-bond acceptors (Lipinski definition) is 4. The van der Waals surface area contributed by atoms with Crippen molar-refractivity contribution in [3.63, 3.8) is 0 Å². The van der Waals surface area contributed by atoms with Crippen LogP contribution in [0.15, 0.2) is 0 Å². The first-order valence-corrected chi connectivity index (χ1v) is 7.47. The molecule has 1 unspecified atom stereocenters. The topological polar surface area (TPSA) is 49.4 Å². The molecule has 5 heteroatoms. The summed E-state index contributed by atoms with van der Waals surface area (Å²) in [6.45, 7) is 3.17. The van der Waals surface area contributed by atoms with Gasteiger partial charge in [0.2, 0.25) is 11.8 Å². The van der Waals surface area contributed by atoms with Gasteiger partial charge in [0.15, 0.2) is 0 Å². The van der Waals surface area contributed by atoms with Gasteiger partial charge < -0.3 is 5.32 Å². The summed E-state index contributed by atoms with van der Waals surface area (Å²) < 4.78 is 0.308. The van der Waals surface area contributed by atoms with E-state index < -0.39 is 0 Å². The molecule has 2 aliphatic rings. The normalized spacial score (nSPS) is 27.4. The van der Waals surface area contributed by atoms with Crippen LogP contribution in [-0.2, 0) is 9.59 Å². The van der Waals surface area contributed by atoms with Gasteiger partial charge in [0.1, 0.15) is 0 Å². The minimum absolute atomic E-state index is 0.0400. The molecule has 0 spiro atoms. The number of likely N-dealkylation sites (N-methyl/N-ethyl adjacent to an activating group) is 1. The lowest BCUT2D eigenvalue weighted by atomic mass is 9.84. The quantitative estimate of drug-likeness (QED) is 0.746. The van der Waals surface area contributed by atoms with Crippen molar-refractivity contribution < 1.29 is 9.59 Å². The van der Waals surface area contributed by atoms with E-state index in [0.717, 1.165) is 6.54 Å². The largest absolute Gasteiger partial charge is 0.304 e. The maximum Gasteiger partial charge on any atom is 0.246 e. The van der Waals surface area contributed by atoms with E-state index in [1.165, 1.54) is 24.2 Å². The summed E-state index contributed by atoms with van der Waals surface area (Å²) in [6, 6.07) is -0.285. The highest BCUT2D eigenvalue weighted by Crippen LogP contribution is 2.42. The molecule has 2 rings (SSSR count). The molecule has 1 atom stereocenters. The van der Waals surface area contributed by atoms with Crippen LogP contribution < -0.4 is 5.32 Å². The van der Waals surface area contributed by atoms with Gasteiger partial charge in [-0.25, -0.2) is 0 Å². The number of carbonyl (C=O) groups is 2. The summed E-state index contributed by atoms with van der Waals surface area (Å²) in [5.41, 5.74) is 0. The van der Waals surface area contributed by atoms with Gasteiger partial charge in [0, 0.05) is 17.8 Å². The third-order valence-electron chi connectivity index (χ3n) is 3.93. The second kappa shape index (κ2) is 4.98. The zero-order valence-corrected chi connectivity index (χ0v) is 11.3. The van der Waals surface area contributed by atoms with Crippen molar-refractivity contribution in [3.8, 4) is 0 Å². The van der Waals surface area contributed by atoms with Crippen LogP contribution >= 0.6 is 11.8 Å². The van der Waals surface area contributed by atoms with Crippen LogP contribution in [0.4, 0.5) is 0 Å². The third kappa shape index (κ3) is 2.36. The second-order valence-corrected chi connectivity index (χ2v) is 6.13. The molecule has 4 nitrogen and oxygen atoms in total. The van der Waals surface area contributed by atoms with Crippen molar-refractivity contribution in [3.05, 3.63) is 0 Å². The number of likely N-dealkylation sites (tertiary alicyclic amines) is 1. The van der Waals surface area contributed by atoms with E-state index in [2.05, 4.69) is 11.6 Å². The number of rotatable bonds is 5. The number of imide groups is 1. The smallest absolute Gasteiger partial charge is 0.246 e. The summed E-state index contributed by atoms with van der Waals surface area (Å²) in [5, 5.41) is 3.29. The van der Waals surface area contributed by atoms with Crippen molar-refractivity contribution in [1.29, 1.82) is 0 Å². The highest BCUT2D eigenvalue weighted by atomic mass is 32.2. The molecule has 2 fully saturated rings. The van der Waals surface area contributed by atoms with E-state index in [1.807, 2.05) is 18.7 Å². The molecule has 1 aliphatic heterocycles. The van der Waals surface area contributed by atoms with Crippen LogP contribution in [0.5, 0.6) is 0 Å². The van der Waals surface area contributed by atoms with E-state index in [-0.39, 0.29) is 17.9 Å². The lowest BCUT2D eigenvalue weighted by molar-refractivity contribution is -0.138. The molecular weight excluding hydrogens is 236 g/mol. The van der Waals surface area contributed by atoms with Crippen LogP contribution in [0, 0.1) is 0 Å². The van der Waals surface area contributed by atoms with Crippen LogP contribution in [0.3, 0.4) is 0 Å². The van der Waals surface area contributed by atoms with Crippen molar-refractivity contribution in [1.82, 2.24) is 10.2 Å². The van der Waals surface area contributed by atoms with Crippen LogP contribution in [-0.4, -0.2) is 46.8 Å². The van der Waals surface area contributed by atoms with Gasteiger partial charge in [0.25, 0.3) is 0 Å². The van der Waals surface area contributed by atoms with Crippen molar-refractivity contribution in [2.45, 2.75) is 43.4 Å². The van der Waals surface area contributed by atoms with Gasteiger partial charge in [-0.1, -0.05) is 6.42 Å². The Morgan fingerprint density at radius 3 is 2.59 bits per heavy atom. The average Bonchev–Trinajstić information content (AvgIpc) is 2.53. The predicted molar refractivity (Wildman–Crippen MR) is 68.9 cm³/mol. The van der Waals surface area contributed by atoms with Gasteiger partial charge in [-0.2, -0.15) is 11.8 Å². The van der Waals surface area contributed by atoms with Gasteiger partial charge in [-0.05, 0) is 26.0 Å². The highest BCUT2D eigenvalue weighted by Gasteiger charge is 2.41. The number of hydrogen-bond donors (Lipinski definition) is 1. The standard InChI is InChI=1S/C12H20N2O2S/c1-3-14-10(15)7-9(11(14)16)13-8-12(17-2)5-4-6-12/h9,13H,3-8H2,1-2H3. The number of thioether (sulfide) groups is 1. The lowest BCUT2D eigenvalue weighted by Gasteiger charge is -2.41. The molecule has 1 heterocycles. The predicted octanol–water partition coefficient (Wildman–Crippen LogP) is 1.01. The Hall–Kier alpha value is -0.550. The van der Waals surface area contributed by atoms with Gasteiger partial charge in [-0.3, -0.25) is 14.5 Å². The molecule has 17 heavy (non-hydrogen) atoms. The second-order valence-electron chi connectivity index (χ2n) is 4.85. The van der Waals surface area contributed by atoms with Gasteiger partial charge in [-0.15, -0.1) is 0 Å². The summed E-state index contributed by atoms with van der Waals surface area (Å²) in [4.78, 5) is 24.8. The number of nitrogens with one attached hydrogen (secondary N) is 1. The van der Waals surface area contributed by atoms with E-state index >= 15 is 0 Å². The Labute approximate surface area is 106 Å². The number of amides is 2. The molecule has 0 aromatic rings. The van der Waals surface area contributed by atoms with E-state index in [4.69, 9.17) is 0 Å². The van der Waals surface area contributed by atoms with Crippen LogP contribution in [0.2, 0.25) is 0 Å². The summed E-state index contributed by atoms with van der Waals surface area (Å²) >= 11 is 1.88. The molecular formula is C12H20N2O2S. The van der Waals surface area contributed by atoms with Crippen LogP contribution in [0.25, 0.3) is 0 Å². The third-order valence-corrected chi connectivity index (χ3v) is 5.35. The summed E-state index contributed by atoms with van der Waals surface area (Å²) in [6.07, 6.45) is 6.17. The summed E-state index contributed by atoms with van der Waals surface area (Å²) in [7, 11) is 0. The fraction of sp³-hybridized carbons (Fsp3) is 0.833. The molecule has 96 valence electrons. The Morgan fingerprint density at radius 2 is 2.18 bits per heavy atom. The Kier molecular flexibility index (Phi) is 3.78. The van der Waals surface area contributed by atoms with E-state index in [1.54, 1.807) is 0 Å². The van der Waals surface area contributed by atoms with Crippen molar-refractivity contribution >= 4 is 23.6 Å². The molecule has 1 N–H and O–H groups in total. The van der Waals surface area contributed by atoms with Crippen molar-refractivity contribution in [2.75, 3.05) is 19.3 Å². The molecule has 0 aromatic heterocycles. The maximum atomic E-state index is 11.9. The fourth-order valence-electron chi connectivity index (χ4n) is 2.51. The monoisotopic (exact) mass is 256 g/mol. The summed E-state index contributed by atoms with van der Waals surface area (Å²) in [5.74, 6) is -0.0881. The highest BCUT2D eigenvalue weighted by molar-refractivity contribution is 8.00. The first kappa shape index (κ1) is 12.9. The van der Waals surface area contributed by atoms with E-state index in [9.17, 15) is 9.59 Å². The van der Waals surface area contributed by atoms with Crippen LogP contribution in [0.1, 0.15) is 32.6 Å². The molecule has 0 aromatic carbocycles. The molecule has 1 aliphatic carbocycles. The maximum absolute atomic E-state index is 11.9. The fourth-order valence-corrected chi connectivity index (χ4v) is 3.43. The zero-order chi connectivity index (χ0) is 12.5.